The zero-order chi connectivity index (χ0) is 31.6. The van der Waals surface area contributed by atoms with Gasteiger partial charge in [-0.2, -0.15) is 4.57 Å². The van der Waals surface area contributed by atoms with Crippen molar-refractivity contribution >= 4 is 36.3 Å². The van der Waals surface area contributed by atoms with Crippen LogP contribution < -0.4 is 15.0 Å². The van der Waals surface area contributed by atoms with Crippen LogP contribution in [0.3, 0.4) is 0 Å². The highest BCUT2D eigenvalue weighted by Gasteiger charge is 2.51. The Morgan fingerprint density at radius 2 is 2.09 bits per heavy atom. The van der Waals surface area contributed by atoms with Crippen LogP contribution in [0.5, 0.6) is 5.75 Å². The molecule has 0 bridgehead atoms. The van der Waals surface area contributed by atoms with Crippen molar-refractivity contribution in [1.82, 2.24) is 0 Å². The number of nitrogens with zero attached hydrogens (tertiary/aromatic N) is 5. The number of nitro benzene ring substituents is 1. The molecule has 0 unspecified atom stereocenters. The number of aromatic nitrogens is 1. The second-order valence-electron chi connectivity index (χ2n) is 9.17. The number of carbonyl (C=O) groups is 2. The van der Waals surface area contributed by atoms with Crippen molar-refractivity contribution in [3.63, 3.8) is 0 Å². The van der Waals surface area contributed by atoms with E-state index in [1.807, 2.05) is 0 Å². The van der Waals surface area contributed by atoms with E-state index >= 15 is 0 Å². The number of carbonyl (C=O) groups excluding carboxylic acids is 2. The minimum atomic E-state index is -4.92. The molecule has 43 heavy (non-hydrogen) atoms. The summed E-state index contributed by atoms with van der Waals surface area (Å²) in [5, 5.41) is 15.6. The minimum absolute atomic E-state index is 0.0263. The monoisotopic (exact) mass is 641 g/mol. The summed E-state index contributed by atoms with van der Waals surface area (Å²) in [4.78, 5) is 55.1. The fraction of sp³-hybridized carbons (Fsp3) is 0.458. The normalized spacial score (nSPS) is 19.9. The number of amides is 1. The highest BCUT2D eigenvalue weighted by Crippen LogP contribution is 2.39. The standard InChI is InChI=1S/C24H29N6O11PS/c1-15(31)43-10-3-2-9-38-18-7-6-17(19(11-18)30(33)34)13-39-22-21(27-28-26)20(14-40-42(35,36)37)41-24(22)29-8-4-5-16(12-29)23(25)32/h4-8,11-12,20-22,24H,2-3,9-10,13-14H2,1H3,(H3-,25,32,35,36,37)/p+1/t20-,21-,22-,24-/m1/s1. The van der Waals surface area contributed by atoms with Gasteiger partial charge in [0.1, 0.15) is 17.4 Å². The molecule has 2 aromatic rings. The van der Waals surface area contributed by atoms with Crippen molar-refractivity contribution in [2.75, 3.05) is 19.0 Å². The third kappa shape index (κ3) is 10.3. The Morgan fingerprint density at radius 3 is 2.74 bits per heavy atom. The number of unbranched alkanes of at least 4 members (excludes halogenated alkanes) is 1. The Bertz CT molecular complexity index is 1420. The maximum atomic E-state index is 11.9. The number of hydrogen-bond acceptors (Lipinski definition) is 11. The SMILES string of the molecule is CC(=O)SCCCCOc1ccc(CO[C@@H]2[C@H](N=[N+]=[N-])[C@@H](COP(=O)(O)O)O[C@H]2[n+]2cccc(C(N)=O)c2)c([N+](=O)[O-])c1. The number of pyridine rings is 1. The van der Waals surface area contributed by atoms with E-state index in [9.17, 15) is 29.8 Å². The van der Waals surface area contributed by atoms with Crippen LogP contribution in [0.1, 0.15) is 41.9 Å². The number of ether oxygens (including phenoxy) is 3. The van der Waals surface area contributed by atoms with Gasteiger partial charge in [0.15, 0.2) is 23.6 Å². The third-order valence-corrected chi connectivity index (χ3v) is 7.49. The van der Waals surface area contributed by atoms with E-state index in [0.717, 1.165) is 6.42 Å². The average molecular weight is 642 g/mol. The molecule has 1 aromatic carbocycles. The van der Waals surface area contributed by atoms with E-state index in [-0.39, 0.29) is 34.3 Å². The van der Waals surface area contributed by atoms with Crippen molar-refractivity contribution in [2.45, 2.75) is 50.8 Å². The first-order chi connectivity index (χ1) is 20.4. The molecule has 232 valence electrons. The first-order valence-corrected chi connectivity index (χ1v) is 15.3. The summed E-state index contributed by atoms with van der Waals surface area (Å²) >= 11 is 1.21. The van der Waals surface area contributed by atoms with Gasteiger partial charge in [0.25, 0.3) is 17.8 Å². The third-order valence-electron chi connectivity index (χ3n) is 6.10. The number of hydrogen-bond donors (Lipinski definition) is 3. The molecular weight excluding hydrogens is 611 g/mol. The summed E-state index contributed by atoms with van der Waals surface area (Å²) in [5.41, 5.74) is 14.5. The summed E-state index contributed by atoms with van der Waals surface area (Å²) in [6.45, 7) is 0.741. The molecule has 17 nitrogen and oxygen atoms in total. The van der Waals surface area contributed by atoms with Crippen LogP contribution in [0.15, 0.2) is 47.8 Å². The van der Waals surface area contributed by atoms with Crippen LogP contribution >= 0.6 is 19.6 Å². The van der Waals surface area contributed by atoms with Crippen molar-refractivity contribution in [1.29, 1.82) is 0 Å². The van der Waals surface area contributed by atoms with Crippen molar-refractivity contribution in [3.05, 3.63) is 74.4 Å². The van der Waals surface area contributed by atoms with E-state index in [2.05, 4.69) is 14.5 Å². The number of rotatable bonds is 16. The Labute approximate surface area is 249 Å². The first kappa shape index (κ1) is 33.9. The maximum Gasteiger partial charge on any atom is 0.469 e. The lowest BCUT2D eigenvalue weighted by molar-refractivity contribution is -0.766. The van der Waals surface area contributed by atoms with Gasteiger partial charge < -0.3 is 29.7 Å². The van der Waals surface area contributed by atoms with Crippen LogP contribution in [0.4, 0.5) is 5.69 Å². The lowest BCUT2D eigenvalue weighted by Gasteiger charge is -2.19. The molecule has 1 aliphatic heterocycles. The van der Waals surface area contributed by atoms with Gasteiger partial charge in [0.05, 0.1) is 42.5 Å². The van der Waals surface area contributed by atoms with Crippen LogP contribution in [-0.2, 0) is 30.0 Å². The maximum absolute atomic E-state index is 11.9. The smallest absolute Gasteiger partial charge is 0.469 e. The number of azide groups is 1. The Hall–Kier alpha value is -3.60. The van der Waals surface area contributed by atoms with E-state index in [0.29, 0.717) is 18.8 Å². The average Bonchev–Trinajstić information content (AvgIpc) is 3.29. The van der Waals surface area contributed by atoms with Crippen molar-refractivity contribution in [3.8, 4) is 5.75 Å². The molecule has 1 aliphatic rings. The molecule has 0 saturated carbocycles. The largest absolute Gasteiger partial charge is 0.493 e. The summed E-state index contributed by atoms with van der Waals surface area (Å²) in [6.07, 6.45) is 0.736. The van der Waals surface area contributed by atoms with E-state index < -0.39 is 49.7 Å². The van der Waals surface area contributed by atoms with Crippen LogP contribution in [-0.4, -0.2) is 62.9 Å². The van der Waals surface area contributed by atoms with Gasteiger partial charge >= 0.3 is 7.82 Å². The summed E-state index contributed by atoms with van der Waals surface area (Å²) in [7, 11) is -4.92. The Kier molecular flexibility index (Phi) is 12.4. The van der Waals surface area contributed by atoms with Gasteiger partial charge in [-0.05, 0) is 36.6 Å². The zero-order valence-electron chi connectivity index (χ0n) is 22.8. The molecule has 1 amide bonds. The predicted molar refractivity (Wildman–Crippen MR) is 150 cm³/mol. The predicted octanol–water partition coefficient (Wildman–Crippen LogP) is 2.69. The highest BCUT2D eigenvalue weighted by molar-refractivity contribution is 8.13. The van der Waals surface area contributed by atoms with Crippen molar-refractivity contribution < 1.29 is 52.2 Å². The molecule has 4 N–H and O–H groups in total. The molecule has 0 aliphatic carbocycles. The summed E-state index contributed by atoms with van der Waals surface area (Å²) in [6, 6.07) is 5.97. The molecule has 1 saturated heterocycles. The van der Waals surface area contributed by atoms with Gasteiger partial charge in [0, 0.05) is 23.7 Å². The van der Waals surface area contributed by atoms with Gasteiger partial charge in [0.2, 0.25) is 0 Å². The zero-order valence-corrected chi connectivity index (χ0v) is 24.5. The van der Waals surface area contributed by atoms with E-state index in [4.69, 9.17) is 29.7 Å². The van der Waals surface area contributed by atoms with Crippen LogP contribution in [0.2, 0.25) is 0 Å². The number of nitrogens with two attached hydrogens (primary N) is 1. The summed E-state index contributed by atoms with van der Waals surface area (Å²) < 4.78 is 34.8. The van der Waals surface area contributed by atoms with Crippen LogP contribution in [0, 0.1) is 10.1 Å². The topological polar surface area (TPSA) is 250 Å². The van der Waals surface area contributed by atoms with Crippen molar-refractivity contribution in [2.24, 2.45) is 10.8 Å². The minimum Gasteiger partial charge on any atom is -0.493 e. The number of phosphoric acid groups is 1. The van der Waals surface area contributed by atoms with Gasteiger partial charge in [-0.3, -0.25) is 24.2 Å². The molecule has 1 aromatic heterocycles. The number of primary amides is 1. The number of nitro groups is 1. The first-order valence-electron chi connectivity index (χ1n) is 12.7. The molecule has 19 heteroatoms. The number of benzene rings is 1. The van der Waals surface area contributed by atoms with Gasteiger partial charge in [-0.25, -0.2) is 4.57 Å². The molecule has 0 radical (unpaired) electrons. The molecular formula is C24H30N6O11PS+. The highest BCUT2D eigenvalue weighted by atomic mass is 32.2. The fourth-order valence-corrected chi connectivity index (χ4v) is 5.14. The molecule has 3 rings (SSSR count). The lowest BCUT2D eigenvalue weighted by atomic mass is 10.1. The second kappa shape index (κ2) is 15.7. The number of thioether (sulfide) groups is 1. The summed E-state index contributed by atoms with van der Waals surface area (Å²) in [5.74, 6) is 0.165. The molecule has 1 fully saturated rings. The van der Waals surface area contributed by atoms with E-state index in [1.54, 1.807) is 0 Å². The Balaban J connectivity index is 1.82. The van der Waals surface area contributed by atoms with Crippen LogP contribution in [0.25, 0.3) is 10.4 Å². The lowest BCUT2D eigenvalue weighted by Crippen LogP contribution is -2.47. The molecule has 2 heterocycles. The van der Waals surface area contributed by atoms with E-state index in [1.165, 1.54) is 66.0 Å². The molecule has 0 spiro atoms. The second-order valence-corrected chi connectivity index (χ2v) is 11.7. The molecule has 4 atom stereocenters. The van der Waals surface area contributed by atoms with Gasteiger partial charge in [-0.1, -0.05) is 16.9 Å². The fourth-order valence-electron chi connectivity index (χ4n) is 4.16. The quantitative estimate of drug-likeness (QED) is 0.0350. The van der Waals surface area contributed by atoms with Gasteiger partial charge in [-0.15, -0.1) is 0 Å². The Morgan fingerprint density at radius 1 is 1.33 bits per heavy atom. The number of phosphoric ester groups is 1.